The molecule has 2 aromatic rings. The Kier molecular flexibility index (Phi) is 2.71. The smallest absolute Gasteiger partial charge is 0.266 e. The minimum Gasteiger partial charge on any atom is -0.347 e. The van der Waals surface area contributed by atoms with Crippen LogP contribution in [0.1, 0.15) is 0 Å². The number of fused-ring (bicyclic) bond motifs is 1. The first-order valence-electron chi connectivity index (χ1n) is 4.55. The van der Waals surface area contributed by atoms with Gasteiger partial charge in [0, 0.05) is 23.9 Å². The van der Waals surface area contributed by atoms with E-state index in [2.05, 4.69) is 0 Å². The van der Waals surface area contributed by atoms with Gasteiger partial charge in [-0.25, -0.2) is 12.8 Å². The fourth-order valence-corrected chi connectivity index (χ4v) is 2.61. The Morgan fingerprint density at radius 1 is 1.35 bits per heavy atom. The van der Waals surface area contributed by atoms with Crippen LogP contribution in [0.4, 0.5) is 4.39 Å². The van der Waals surface area contributed by atoms with Gasteiger partial charge in [-0.3, -0.25) is 4.79 Å². The van der Waals surface area contributed by atoms with E-state index in [1.54, 1.807) is 0 Å². The van der Waals surface area contributed by atoms with Gasteiger partial charge in [-0.1, -0.05) is 6.07 Å². The van der Waals surface area contributed by atoms with E-state index in [-0.39, 0.29) is 10.9 Å². The van der Waals surface area contributed by atoms with Crippen molar-refractivity contribution in [2.75, 3.05) is 0 Å². The van der Waals surface area contributed by atoms with Crippen molar-refractivity contribution in [1.29, 1.82) is 0 Å². The van der Waals surface area contributed by atoms with Gasteiger partial charge < -0.3 is 4.57 Å². The van der Waals surface area contributed by atoms with Crippen LogP contribution in [0.15, 0.2) is 34.1 Å². The zero-order chi connectivity index (χ0) is 12.8. The summed E-state index contributed by atoms with van der Waals surface area (Å²) in [5.74, 6) is -0.597. The standard InChI is InChI=1S/C10H7ClFNO3S/c1-13-5-8(17(11,15)16)10(14)6-3-2-4-7(12)9(6)13/h2-5H,1H3. The first kappa shape index (κ1) is 12.1. The highest BCUT2D eigenvalue weighted by molar-refractivity contribution is 8.13. The first-order chi connectivity index (χ1) is 7.82. The molecule has 0 spiro atoms. The summed E-state index contributed by atoms with van der Waals surface area (Å²) < 4.78 is 37.1. The van der Waals surface area contributed by atoms with Gasteiger partial charge in [-0.15, -0.1) is 0 Å². The molecule has 0 atom stereocenters. The van der Waals surface area contributed by atoms with Crippen molar-refractivity contribution in [3.05, 3.63) is 40.4 Å². The van der Waals surface area contributed by atoms with Gasteiger partial charge in [-0.2, -0.15) is 0 Å². The predicted octanol–water partition coefficient (Wildman–Crippen LogP) is 1.61. The fraction of sp³-hybridized carbons (Fsp3) is 0.100. The molecule has 1 heterocycles. The molecule has 7 heteroatoms. The quantitative estimate of drug-likeness (QED) is 0.743. The summed E-state index contributed by atoms with van der Waals surface area (Å²) in [5, 5.41) is -0.0192. The third kappa shape index (κ3) is 1.94. The van der Waals surface area contributed by atoms with Crippen molar-refractivity contribution in [3.63, 3.8) is 0 Å². The van der Waals surface area contributed by atoms with Crippen molar-refractivity contribution in [2.45, 2.75) is 4.90 Å². The molecular formula is C10H7ClFNO3S. The monoisotopic (exact) mass is 275 g/mol. The van der Waals surface area contributed by atoms with E-state index in [0.29, 0.717) is 0 Å². The van der Waals surface area contributed by atoms with E-state index in [4.69, 9.17) is 10.7 Å². The molecule has 2 rings (SSSR count). The number of aromatic nitrogens is 1. The molecule has 0 aliphatic carbocycles. The first-order valence-corrected chi connectivity index (χ1v) is 6.86. The number of aryl methyl sites for hydroxylation is 1. The van der Waals surface area contributed by atoms with Gasteiger partial charge in [-0.05, 0) is 12.1 Å². The van der Waals surface area contributed by atoms with Crippen LogP contribution in [0.3, 0.4) is 0 Å². The van der Waals surface area contributed by atoms with Gasteiger partial charge in [0.25, 0.3) is 9.05 Å². The molecule has 4 nitrogen and oxygen atoms in total. The highest BCUT2D eigenvalue weighted by Gasteiger charge is 2.19. The third-order valence-corrected chi connectivity index (χ3v) is 3.70. The van der Waals surface area contributed by atoms with E-state index in [9.17, 15) is 17.6 Å². The van der Waals surface area contributed by atoms with Crippen molar-refractivity contribution in [2.24, 2.45) is 7.05 Å². The second kappa shape index (κ2) is 3.82. The Morgan fingerprint density at radius 2 is 2.00 bits per heavy atom. The number of para-hydroxylation sites is 1. The van der Waals surface area contributed by atoms with Crippen LogP contribution in [0, 0.1) is 5.82 Å². The van der Waals surface area contributed by atoms with Gasteiger partial charge in [0.1, 0.15) is 10.7 Å². The van der Waals surface area contributed by atoms with Crippen molar-refractivity contribution >= 4 is 30.6 Å². The lowest BCUT2D eigenvalue weighted by atomic mass is 10.2. The van der Waals surface area contributed by atoms with E-state index in [0.717, 1.165) is 6.20 Å². The van der Waals surface area contributed by atoms with Crippen LogP contribution in [-0.2, 0) is 16.1 Å². The number of nitrogens with zero attached hydrogens (tertiary/aromatic N) is 1. The molecule has 17 heavy (non-hydrogen) atoms. The third-order valence-electron chi connectivity index (χ3n) is 2.38. The van der Waals surface area contributed by atoms with Gasteiger partial charge in [0.15, 0.2) is 0 Å². The summed E-state index contributed by atoms with van der Waals surface area (Å²) >= 11 is 0. The molecule has 0 aliphatic heterocycles. The number of hydrogen-bond donors (Lipinski definition) is 0. The van der Waals surface area contributed by atoms with E-state index in [1.165, 1.54) is 29.8 Å². The topological polar surface area (TPSA) is 56.1 Å². The minimum atomic E-state index is -4.14. The Morgan fingerprint density at radius 3 is 2.59 bits per heavy atom. The van der Waals surface area contributed by atoms with Gasteiger partial charge in [0.05, 0.1) is 10.9 Å². The molecule has 1 aromatic carbocycles. The second-order valence-electron chi connectivity index (χ2n) is 3.51. The largest absolute Gasteiger partial charge is 0.347 e. The molecule has 90 valence electrons. The molecule has 0 radical (unpaired) electrons. The van der Waals surface area contributed by atoms with Crippen molar-refractivity contribution in [3.8, 4) is 0 Å². The highest BCUT2D eigenvalue weighted by atomic mass is 35.7. The maximum Gasteiger partial charge on any atom is 0.266 e. The summed E-state index contributed by atoms with van der Waals surface area (Å²) in [5.41, 5.74) is -0.755. The number of rotatable bonds is 1. The Balaban J connectivity index is 3.08. The van der Waals surface area contributed by atoms with Crippen LogP contribution in [-0.4, -0.2) is 13.0 Å². The molecular weight excluding hydrogens is 269 g/mol. The Hall–Kier alpha value is -1.40. The Bertz CT molecular complexity index is 767. The molecule has 0 bridgehead atoms. The summed E-state index contributed by atoms with van der Waals surface area (Å²) in [6, 6.07) is 3.88. The van der Waals surface area contributed by atoms with Crippen molar-refractivity contribution in [1.82, 2.24) is 4.57 Å². The molecule has 0 saturated carbocycles. The van der Waals surface area contributed by atoms with E-state index in [1.807, 2.05) is 0 Å². The highest BCUT2D eigenvalue weighted by Crippen LogP contribution is 2.18. The van der Waals surface area contributed by atoms with Crippen LogP contribution >= 0.6 is 10.7 Å². The second-order valence-corrected chi connectivity index (χ2v) is 6.04. The van der Waals surface area contributed by atoms with Crippen molar-refractivity contribution < 1.29 is 12.8 Å². The molecule has 1 aromatic heterocycles. The summed E-state index contributed by atoms with van der Waals surface area (Å²) in [4.78, 5) is 11.3. The van der Waals surface area contributed by atoms with E-state index >= 15 is 0 Å². The van der Waals surface area contributed by atoms with E-state index < -0.39 is 25.2 Å². The Labute approximate surface area is 101 Å². The fourth-order valence-electron chi connectivity index (χ4n) is 1.66. The molecule has 0 amide bonds. The van der Waals surface area contributed by atoms with Crippen LogP contribution < -0.4 is 5.43 Å². The lowest BCUT2D eigenvalue weighted by molar-refractivity contribution is 0.606. The van der Waals surface area contributed by atoms with Crippen LogP contribution in [0.25, 0.3) is 10.9 Å². The zero-order valence-electron chi connectivity index (χ0n) is 8.65. The summed E-state index contributed by atoms with van der Waals surface area (Å²) in [7, 11) is 2.44. The van der Waals surface area contributed by atoms with Crippen LogP contribution in [0.2, 0.25) is 0 Å². The lowest BCUT2D eigenvalue weighted by Crippen LogP contribution is -2.15. The summed E-state index contributed by atoms with van der Waals surface area (Å²) in [6.07, 6.45) is 1.01. The molecule has 0 saturated heterocycles. The lowest BCUT2D eigenvalue weighted by Gasteiger charge is -2.07. The maximum absolute atomic E-state index is 13.5. The average Bonchev–Trinajstić information content (AvgIpc) is 2.21. The van der Waals surface area contributed by atoms with Crippen LogP contribution in [0.5, 0.6) is 0 Å². The van der Waals surface area contributed by atoms with Gasteiger partial charge in [0.2, 0.25) is 5.43 Å². The zero-order valence-corrected chi connectivity index (χ0v) is 10.2. The molecule has 0 fully saturated rings. The molecule has 0 unspecified atom stereocenters. The minimum absolute atomic E-state index is 0.0192. The molecule has 0 N–H and O–H groups in total. The summed E-state index contributed by atoms with van der Waals surface area (Å²) in [6.45, 7) is 0. The molecule has 0 aliphatic rings. The predicted molar refractivity (Wildman–Crippen MR) is 62.2 cm³/mol. The number of hydrogen-bond acceptors (Lipinski definition) is 3. The number of halogens is 2. The number of benzene rings is 1. The average molecular weight is 276 g/mol. The maximum atomic E-state index is 13.5. The normalized spacial score (nSPS) is 11.9. The van der Waals surface area contributed by atoms with Gasteiger partial charge >= 0.3 is 0 Å². The SMILES string of the molecule is Cn1cc(S(=O)(=O)Cl)c(=O)c2cccc(F)c21. The number of pyridine rings is 1.